The van der Waals surface area contributed by atoms with Crippen molar-refractivity contribution in [2.75, 3.05) is 0 Å². The Kier molecular flexibility index (Phi) is 3.02. The molecule has 3 aromatic rings. The highest BCUT2D eigenvalue weighted by Gasteiger charge is 2.51. The van der Waals surface area contributed by atoms with Crippen molar-refractivity contribution in [1.29, 1.82) is 0 Å². The van der Waals surface area contributed by atoms with Gasteiger partial charge in [-0.3, -0.25) is 9.69 Å². The van der Waals surface area contributed by atoms with Crippen LogP contribution in [0.25, 0.3) is 0 Å². The molecule has 0 fully saturated rings. The molecular formula is C18H15N3O2. The molecule has 5 heteroatoms. The van der Waals surface area contributed by atoms with E-state index in [1.54, 1.807) is 30.6 Å². The van der Waals surface area contributed by atoms with Crippen LogP contribution in [0.4, 0.5) is 0 Å². The minimum Gasteiger partial charge on any atom is -0.361 e. The number of imidazole rings is 1. The number of nitrogens with zero attached hydrogens (tertiary/aromatic N) is 2. The van der Waals surface area contributed by atoms with E-state index in [0.717, 1.165) is 5.56 Å². The summed E-state index contributed by atoms with van der Waals surface area (Å²) in [4.78, 5) is 21.4. The molecule has 0 saturated carbocycles. The van der Waals surface area contributed by atoms with E-state index in [1.807, 2.05) is 36.4 Å². The summed E-state index contributed by atoms with van der Waals surface area (Å²) in [5.41, 5.74) is 0.407. The molecule has 0 saturated heterocycles. The lowest BCUT2D eigenvalue weighted by molar-refractivity contribution is -0.0601. The number of carbonyl (C=O) groups is 1. The molecule has 4 rings (SSSR count). The van der Waals surface area contributed by atoms with E-state index in [4.69, 9.17) is 0 Å². The molecule has 0 aliphatic carbocycles. The van der Waals surface area contributed by atoms with Crippen molar-refractivity contribution in [2.24, 2.45) is 0 Å². The molecule has 1 aliphatic rings. The maximum absolute atomic E-state index is 12.8. The molecule has 0 bridgehead atoms. The van der Waals surface area contributed by atoms with Gasteiger partial charge in [-0.25, -0.2) is 4.98 Å². The predicted molar refractivity (Wildman–Crippen MR) is 84.3 cm³/mol. The number of rotatable bonds is 3. The Bertz CT molecular complexity index is 846. The minimum absolute atomic E-state index is 0.205. The quantitative estimate of drug-likeness (QED) is 0.780. The summed E-state index contributed by atoms with van der Waals surface area (Å²) >= 11 is 0. The topological polar surface area (TPSA) is 69.2 Å². The van der Waals surface area contributed by atoms with Crippen LogP contribution >= 0.6 is 0 Å². The van der Waals surface area contributed by atoms with Crippen LogP contribution in [0.1, 0.15) is 27.3 Å². The van der Waals surface area contributed by atoms with Crippen molar-refractivity contribution in [3.05, 3.63) is 89.5 Å². The fourth-order valence-electron chi connectivity index (χ4n) is 3.07. The third kappa shape index (κ3) is 1.98. The molecule has 2 N–H and O–H groups in total. The number of hydrogen-bond acceptors (Lipinski definition) is 3. The lowest BCUT2D eigenvalue weighted by Gasteiger charge is -2.32. The highest BCUT2D eigenvalue weighted by molar-refractivity contribution is 6.00. The van der Waals surface area contributed by atoms with E-state index < -0.39 is 5.72 Å². The average molecular weight is 305 g/mol. The van der Waals surface area contributed by atoms with Crippen LogP contribution in [0.2, 0.25) is 0 Å². The molecule has 114 valence electrons. The number of aromatic amines is 1. The van der Waals surface area contributed by atoms with Gasteiger partial charge in [0.2, 0.25) is 5.72 Å². The van der Waals surface area contributed by atoms with Crippen LogP contribution in [0.15, 0.2) is 67.0 Å². The summed E-state index contributed by atoms with van der Waals surface area (Å²) in [5, 5.41) is 11.4. The zero-order chi connectivity index (χ0) is 15.9. The first kappa shape index (κ1) is 13.7. The maximum atomic E-state index is 12.8. The molecule has 1 aliphatic heterocycles. The lowest BCUT2D eigenvalue weighted by atomic mass is 10.0. The second-order valence-electron chi connectivity index (χ2n) is 5.53. The van der Waals surface area contributed by atoms with Crippen molar-refractivity contribution >= 4 is 5.91 Å². The molecule has 5 nitrogen and oxygen atoms in total. The van der Waals surface area contributed by atoms with Crippen LogP contribution in [0.3, 0.4) is 0 Å². The van der Waals surface area contributed by atoms with Crippen LogP contribution in [0, 0.1) is 0 Å². The van der Waals surface area contributed by atoms with Crippen LogP contribution in [-0.4, -0.2) is 25.9 Å². The van der Waals surface area contributed by atoms with Gasteiger partial charge < -0.3 is 10.1 Å². The van der Waals surface area contributed by atoms with Crippen molar-refractivity contribution in [3.63, 3.8) is 0 Å². The number of aromatic nitrogens is 2. The third-order valence-corrected chi connectivity index (χ3v) is 4.18. The minimum atomic E-state index is -1.59. The Morgan fingerprint density at radius 2 is 1.83 bits per heavy atom. The van der Waals surface area contributed by atoms with Crippen LogP contribution in [-0.2, 0) is 12.3 Å². The van der Waals surface area contributed by atoms with E-state index in [-0.39, 0.29) is 5.91 Å². The fourth-order valence-corrected chi connectivity index (χ4v) is 3.07. The van der Waals surface area contributed by atoms with Crippen molar-refractivity contribution in [3.8, 4) is 0 Å². The molecule has 1 aromatic heterocycles. The second kappa shape index (κ2) is 5.07. The monoisotopic (exact) mass is 305 g/mol. The fraction of sp³-hybridized carbons (Fsp3) is 0.111. The number of benzene rings is 2. The molecular weight excluding hydrogens is 290 g/mol. The SMILES string of the molecule is O=C1c2ccccc2[C@](O)(c2ncc[nH]2)N1Cc1ccccc1. The molecule has 0 unspecified atom stereocenters. The third-order valence-electron chi connectivity index (χ3n) is 4.18. The Morgan fingerprint density at radius 3 is 2.57 bits per heavy atom. The number of nitrogens with one attached hydrogen (secondary N) is 1. The lowest BCUT2D eigenvalue weighted by Crippen LogP contribution is -2.45. The molecule has 0 spiro atoms. The standard InChI is InChI=1S/C18H15N3O2/c22-16-14-8-4-5-9-15(14)18(23,17-19-10-11-20-17)21(16)12-13-6-2-1-3-7-13/h1-11,23H,12H2,(H,19,20)/t18-/m0/s1. The number of amides is 1. The van der Waals surface area contributed by atoms with Gasteiger partial charge in [0, 0.05) is 30.1 Å². The molecule has 2 heterocycles. The summed E-state index contributed by atoms with van der Waals surface area (Å²) in [6, 6.07) is 16.7. The van der Waals surface area contributed by atoms with E-state index in [0.29, 0.717) is 23.5 Å². The van der Waals surface area contributed by atoms with Gasteiger partial charge in [-0.2, -0.15) is 0 Å². The zero-order valence-electron chi connectivity index (χ0n) is 12.3. The van der Waals surface area contributed by atoms with Gasteiger partial charge in [0.05, 0.1) is 0 Å². The first-order valence-corrected chi connectivity index (χ1v) is 7.39. The number of aliphatic hydroxyl groups is 1. The Morgan fingerprint density at radius 1 is 1.09 bits per heavy atom. The number of carbonyl (C=O) groups excluding carboxylic acids is 1. The van der Waals surface area contributed by atoms with E-state index in [1.165, 1.54) is 4.90 Å². The highest BCUT2D eigenvalue weighted by Crippen LogP contribution is 2.41. The number of hydrogen-bond donors (Lipinski definition) is 2. The zero-order valence-corrected chi connectivity index (χ0v) is 12.3. The predicted octanol–water partition coefficient (Wildman–Crippen LogP) is 2.26. The van der Waals surface area contributed by atoms with Crippen LogP contribution < -0.4 is 0 Å². The number of fused-ring (bicyclic) bond motifs is 1. The maximum Gasteiger partial charge on any atom is 0.257 e. The van der Waals surface area contributed by atoms with Gasteiger partial charge in [0.1, 0.15) is 0 Å². The van der Waals surface area contributed by atoms with Crippen molar-refractivity contribution < 1.29 is 9.90 Å². The highest BCUT2D eigenvalue weighted by atomic mass is 16.3. The average Bonchev–Trinajstić information content (AvgIpc) is 3.20. The van der Waals surface area contributed by atoms with Gasteiger partial charge in [0.15, 0.2) is 5.82 Å². The molecule has 2 aromatic carbocycles. The van der Waals surface area contributed by atoms with Gasteiger partial charge in [-0.15, -0.1) is 0 Å². The summed E-state index contributed by atoms with van der Waals surface area (Å²) < 4.78 is 0. The summed E-state index contributed by atoms with van der Waals surface area (Å²) in [7, 11) is 0. The second-order valence-corrected chi connectivity index (χ2v) is 5.53. The van der Waals surface area contributed by atoms with Crippen LogP contribution in [0.5, 0.6) is 0 Å². The molecule has 0 radical (unpaired) electrons. The number of H-pyrrole nitrogens is 1. The van der Waals surface area contributed by atoms with Gasteiger partial charge in [0.25, 0.3) is 5.91 Å². The first-order valence-electron chi connectivity index (χ1n) is 7.39. The van der Waals surface area contributed by atoms with Crippen molar-refractivity contribution in [1.82, 2.24) is 14.9 Å². The molecule has 1 amide bonds. The summed E-state index contributed by atoms with van der Waals surface area (Å²) in [6.07, 6.45) is 3.21. The van der Waals surface area contributed by atoms with Gasteiger partial charge in [-0.1, -0.05) is 48.5 Å². The van der Waals surface area contributed by atoms with Gasteiger partial charge in [-0.05, 0) is 11.6 Å². The Balaban J connectivity index is 1.86. The first-order chi connectivity index (χ1) is 11.2. The smallest absolute Gasteiger partial charge is 0.257 e. The van der Waals surface area contributed by atoms with E-state index in [9.17, 15) is 9.90 Å². The van der Waals surface area contributed by atoms with E-state index >= 15 is 0 Å². The Hall–Kier alpha value is -2.92. The Labute approximate surface area is 133 Å². The van der Waals surface area contributed by atoms with E-state index in [2.05, 4.69) is 9.97 Å². The molecule has 23 heavy (non-hydrogen) atoms. The molecule has 1 atom stereocenters. The summed E-state index contributed by atoms with van der Waals surface area (Å²) in [5.74, 6) is 0.134. The largest absolute Gasteiger partial charge is 0.361 e. The summed E-state index contributed by atoms with van der Waals surface area (Å²) in [6.45, 7) is 0.297. The van der Waals surface area contributed by atoms with Crippen molar-refractivity contribution in [2.45, 2.75) is 12.3 Å². The van der Waals surface area contributed by atoms with Gasteiger partial charge >= 0.3 is 0 Å². The normalized spacial score (nSPS) is 19.9.